The Bertz CT molecular complexity index is 1760. The molecule has 0 bridgehead atoms. The van der Waals surface area contributed by atoms with Crippen LogP contribution in [0.5, 0.6) is 0 Å². The molecule has 0 saturated carbocycles. The molecule has 1 N–H and O–H groups in total. The average Bonchev–Trinajstić information content (AvgIpc) is 3.55. The molecule has 4 aromatic rings. The molecule has 13 nitrogen and oxygen atoms in total. The second-order valence-corrected chi connectivity index (χ2v) is 14.4. The molecule has 53 heavy (non-hydrogen) atoms. The van der Waals surface area contributed by atoms with Crippen LogP contribution in [0.3, 0.4) is 0 Å². The predicted octanol–water partition coefficient (Wildman–Crippen LogP) is 9.31. The van der Waals surface area contributed by atoms with E-state index in [-0.39, 0.29) is 25.8 Å². The van der Waals surface area contributed by atoms with Crippen molar-refractivity contribution in [3.8, 4) is 0 Å². The molecule has 292 valence electrons. The Morgan fingerprint density at radius 3 is 1.58 bits per heavy atom. The van der Waals surface area contributed by atoms with E-state index in [0.717, 1.165) is 27.5 Å². The number of benzene rings is 2. The molecule has 13 heteroatoms. The normalized spacial score (nSPS) is 11.1. The van der Waals surface area contributed by atoms with Crippen LogP contribution in [0.2, 0.25) is 0 Å². The van der Waals surface area contributed by atoms with E-state index in [9.17, 15) is 24.0 Å². The molecule has 0 saturated heterocycles. The fourth-order valence-electron chi connectivity index (χ4n) is 4.43. The van der Waals surface area contributed by atoms with Crippen LogP contribution in [0.15, 0.2) is 60.7 Å². The lowest BCUT2D eigenvalue weighted by molar-refractivity contribution is -0.143. The lowest BCUT2D eigenvalue weighted by Crippen LogP contribution is -2.29. The number of para-hydroxylation sites is 2. The molecule has 0 amide bonds. The van der Waals surface area contributed by atoms with E-state index >= 15 is 0 Å². The number of esters is 2. The number of hydrogen-bond acceptors (Lipinski definition) is 11. The van der Waals surface area contributed by atoms with E-state index in [1.54, 1.807) is 48.5 Å². The zero-order chi connectivity index (χ0) is 39.3. The Labute approximate surface area is 312 Å². The van der Waals surface area contributed by atoms with Gasteiger partial charge in [-0.2, -0.15) is 0 Å². The van der Waals surface area contributed by atoms with Gasteiger partial charge in [-0.25, -0.2) is 19.0 Å². The molecular weight excluding hydrogens is 684 g/mol. The van der Waals surface area contributed by atoms with E-state index in [1.165, 1.54) is 4.57 Å². The standard InChI is InChI=1S/C17H21NO4.C12H13NO2.C10H18O5.CH4/c1-5-21-15(19)11-13-10-12-8-6-7-9-14(12)18(13)16(20)22-17(2,3)4;1-2-15-12(14)8-10-7-9-5-3-4-6-11(9)13-10;1-9(2,3)14-7(11)13-8(12)15-10(4,5)6;/h6-10H,5,11H2,1-4H3;3-7,13H,2,8H2,1H3;1-6H3;1H4. The van der Waals surface area contributed by atoms with Gasteiger partial charge in [-0.05, 0) is 106 Å². The number of carbonyl (C=O) groups excluding carboxylic acids is 5. The third-order valence-electron chi connectivity index (χ3n) is 6.17. The summed E-state index contributed by atoms with van der Waals surface area (Å²) in [7, 11) is 0. The molecule has 0 radical (unpaired) electrons. The molecule has 0 unspecified atom stereocenters. The lowest BCUT2D eigenvalue weighted by atomic mass is 10.2. The van der Waals surface area contributed by atoms with Crippen LogP contribution in [0.1, 0.15) is 95.0 Å². The van der Waals surface area contributed by atoms with Gasteiger partial charge in [0.1, 0.15) is 16.8 Å². The van der Waals surface area contributed by atoms with Crippen LogP contribution in [-0.2, 0) is 50.9 Å². The molecule has 0 atom stereocenters. The van der Waals surface area contributed by atoms with Gasteiger partial charge in [-0.1, -0.05) is 43.8 Å². The van der Waals surface area contributed by atoms with Crippen LogP contribution in [0.25, 0.3) is 21.8 Å². The summed E-state index contributed by atoms with van der Waals surface area (Å²) in [5.74, 6) is -0.556. The Morgan fingerprint density at radius 1 is 0.623 bits per heavy atom. The summed E-state index contributed by atoms with van der Waals surface area (Å²) in [6.45, 7) is 19.7. The van der Waals surface area contributed by atoms with Crippen LogP contribution in [0, 0.1) is 0 Å². The number of nitrogens with zero attached hydrogens (tertiary/aromatic N) is 1. The zero-order valence-electron chi connectivity index (χ0n) is 32.0. The topological polar surface area (TPSA) is 161 Å². The van der Waals surface area contributed by atoms with Gasteiger partial charge < -0.3 is 33.4 Å². The maximum absolute atomic E-state index is 12.5. The van der Waals surface area contributed by atoms with Crippen molar-refractivity contribution >= 4 is 52.1 Å². The molecule has 0 aliphatic heterocycles. The van der Waals surface area contributed by atoms with Gasteiger partial charge in [0.2, 0.25) is 0 Å². The number of aromatic nitrogens is 2. The first-order valence-corrected chi connectivity index (χ1v) is 16.9. The highest BCUT2D eigenvalue weighted by Gasteiger charge is 2.25. The molecule has 2 heterocycles. The summed E-state index contributed by atoms with van der Waals surface area (Å²) in [5.41, 5.74) is 1.23. The summed E-state index contributed by atoms with van der Waals surface area (Å²) in [5, 5.41) is 2.00. The molecule has 2 aromatic heterocycles. The highest BCUT2D eigenvalue weighted by atomic mass is 16.8. The first-order chi connectivity index (χ1) is 24.1. The number of rotatable bonds is 6. The SMILES string of the molecule is C.CC(C)(C)OC(=O)OC(=O)OC(C)(C)C.CCOC(=O)Cc1cc2ccccc2[nH]1.CCOC(=O)Cc1cc2ccccc2n1C(=O)OC(C)(C)C. The summed E-state index contributed by atoms with van der Waals surface area (Å²) in [6.07, 6.45) is -2.27. The first-order valence-electron chi connectivity index (χ1n) is 16.9. The molecule has 0 aliphatic carbocycles. The number of ether oxygens (including phenoxy) is 6. The van der Waals surface area contributed by atoms with Crippen LogP contribution in [-0.4, -0.2) is 69.9 Å². The third kappa shape index (κ3) is 17.2. The van der Waals surface area contributed by atoms with E-state index in [4.69, 9.17) is 23.7 Å². The highest BCUT2D eigenvalue weighted by molar-refractivity contribution is 5.92. The van der Waals surface area contributed by atoms with Crippen LogP contribution in [0.4, 0.5) is 14.4 Å². The minimum absolute atomic E-state index is 0. The summed E-state index contributed by atoms with van der Waals surface area (Å²) >= 11 is 0. The minimum Gasteiger partial charge on any atom is -0.466 e. The van der Waals surface area contributed by atoms with Gasteiger partial charge in [0, 0.05) is 22.3 Å². The van der Waals surface area contributed by atoms with Gasteiger partial charge in [0.05, 0.1) is 31.6 Å². The van der Waals surface area contributed by atoms with Crippen molar-refractivity contribution in [1.29, 1.82) is 0 Å². The minimum atomic E-state index is -1.06. The monoisotopic (exact) mass is 740 g/mol. The largest absolute Gasteiger partial charge is 0.519 e. The second kappa shape index (κ2) is 20.1. The maximum atomic E-state index is 12.5. The van der Waals surface area contributed by atoms with Crippen molar-refractivity contribution in [2.24, 2.45) is 0 Å². The predicted molar refractivity (Wildman–Crippen MR) is 203 cm³/mol. The van der Waals surface area contributed by atoms with Crippen molar-refractivity contribution in [3.63, 3.8) is 0 Å². The Balaban J connectivity index is 0.000000406. The first kappa shape index (κ1) is 45.7. The summed E-state index contributed by atoms with van der Waals surface area (Å²) < 4.78 is 30.5. The van der Waals surface area contributed by atoms with Crippen LogP contribution < -0.4 is 0 Å². The average molecular weight is 741 g/mol. The molecule has 2 aromatic carbocycles. The molecule has 0 spiro atoms. The van der Waals surface area contributed by atoms with Gasteiger partial charge in [0.25, 0.3) is 0 Å². The van der Waals surface area contributed by atoms with Crippen molar-refractivity contribution in [1.82, 2.24) is 9.55 Å². The fraction of sp³-hybridized carbons (Fsp3) is 0.475. The summed E-state index contributed by atoms with van der Waals surface area (Å²) in [4.78, 5) is 60.7. The third-order valence-corrected chi connectivity index (χ3v) is 6.17. The molecule has 4 rings (SSSR count). The number of nitrogens with one attached hydrogen (secondary N) is 1. The molecule has 0 aliphatic rings. The van der Waals surface area contributed by atoms with E-state index < -0.39 is 35.2 Å². The number of carbonyl (C=O) groups is 5. The van der Waals surface area contributed by atoms with Gasteiger partial charge >= 0.3 is 30.3 Å². The molecular formula is C40H56N2O11. The number of aromatic amines is 1. The lowest BCUT2D eigenvalue weighted by Gasteiger charge is -2.20. The van der Waals surface area contributed by atoms with Crippen molar-refractivity contribution in [2.75, 3.05) is 13.2 Å². The van der Waals surface area contributed by atoms with E-state index in [1.807, 2.05) is 88.4 Å². The number of hydrogen-bond donors (Lipinski definition) is 1. The van der Waals surface area contributed by atoms with Crippen molar-refractivity contribution in [2.45, 2.75) is 113 Å². The second-order valence-electron chi connectivity index (χ2n) is 14.4. The number of fused-ring (bicyclic) bond motifs is 2. The Hall–Kier alpha value is -5.33. The highest BCUT2D eigenvalue weighted by Crippen LogP contribution is 2.23. The summed E-state index contributed by atoms with van der Waals surface area (Å²) in [6, 6.07) is 19.2. The van der Waals surface area contributed by atoms with Crippen molar-refractivity contribution in [3.05, 3.63) is 72.1 Å². The van der Waals surface area contributed by atoms with Crippen LogP contribution >= 0.6 is 0 Å². The Kier molecular flexibility index (Phi) is 17.3. The maximum Gasteiger partial charge on any atom is 0.519 e. The Morgan fingerprint density at radius 2 is 1.09 bits per heavy atom. The van der Waals surface area contributed by atoms with Crippen molar-refractivity contribution < 1.29 is 52.4 Å². The van der Waals surface area contributed by atoms with Gasteiger partial charge in [0.15, 0.2) is 0 Å². The van der Waals surface area contributed by atoms with E-state index in [0.29, 0.717) is 25.3 Å². The number of H-pyrrole nitrogens is 1. The zero-order valence-corrected chi connectivity index (χ0v) is 32.0. The van der Waals surface area contributed by atoms with E-state index in [2.05, 4.69) is 9.72 Å². The quantitative estimate of drug-likeness (QED) is 0.114. The van der Waals surface area contributed by atoms with Gasteiger partial charge in [-0.15, -0.1) is 0 Å². The molecule has 0 fully saturated rings. The van der Waals surface area contributed by atoms with Gasteiger partial charge in [-0.3, -0.25) is 9.59 Å². The fourth-order valence-corrected chi connectivity index (χ4v) is 4.43. The smallest absolute Gasteiger partial charge is 0.466 e.